The van der Waals surface area contributed by atoms with Crippen LogP contribution in [0.3, 0.4) is 0 Å². The first-order valence-corrected chi connectivity index (χ1v) is 8.02. The van der Waals surface area contributed by atoms with E-state index in [0.717, 1.165) is 18.9 Å². The van der Waals surface area contributed by atoms with Crippen molar-refractivity contribution < 1.29 is 0 Å². The highest BCUT2D eigenvalue weighted by Crippen LogP contribution is 2.46. The summed E-state index contributed by atoms with van der Waals surface area (Å²) < 4.78 is 1.89. The Morgan fingerprint density at radius 3 is 2.45 bits per heavy atom. The van der Waals surface area contributed by atoms with Gasteiger partial charge in [0.2, 0.25) is 0 Å². The average molecular weight is 277 g/mol. The lowest BCUT2D eigenvalue weighted by Crippen LogP contribution is -2.38. The number of hydrogen-bond donors (Lipinski definition) is 1. The fraction of sp³-hybridized carbons (Fsp3) is 0.824. The molecule has 1 fully saturated rings. The molecule has 114 valence electrons. The molecule has 3 heteroatoms. The molecule has 0 amide bonds. The van der Waals surface area contributed by atoms with E-state index in [1.54, 1.807) is 0 Å². The Kier molecular flexibility index (Phi) is 4.58. The molecule has 0 aliphatic heterocycles. The lowest BCUT2D eigenvalue weighted by Gasteiger charge is -2.44. The summed E-state index contributed by atoms with van der Waals surface area (Å²) >= 11 is 0. The van der Waals surface area contributed by atoms with Crippen molar-refractivity contribution in [2.75, 3.05) is 6.54 Å². The van der Waals surface area contributed by atoms with Gasteiger partial charge in [-0.3, -0.25) is 4.68 Å². The van der Waals surface area contributed by atoms with Gasteiger partial charge in [-0.25, -0.2) is 0 Å². The molecule has 1 aliphatic carbocycles. The molecule has 1 aromatic heterocycles. The molecule has 0 radical (unpaired) electrons. The van der Waals surface area contributed by atoms with E-state index in [1.807, 2.05) is 17.9 Å². The number of aromatic nitrogens is 2. The Morgan fingerprint density at radius 1 is 1.35 bits per heavy atom. The van der Waals surface area contributed by atoms with Gasteiger partial charge in [0.1, 0.15) is 0 Å². The van der Waals surface area contributed by atoms with Gasteiger partial charge in [-0.15, -0.1) is 0 Å². The molecule has 1 heterocycles. The predicted octanol–water partition coefficient (Wildman–Crippen LogP) is 3.53. The third-order valence-corrected chi connectivity index (χ3v) is 5.41. The van der Waals surface area contributed by atoms with Gasteiger partial charge in [-0.05, 0) is 67.4 Å². The second kappa shape index (κ2) is 5.88. The standard InChI is InChI=1S/C17H31N3/c1-16(2,3)15-6-9-17(13-18,10-7-15)8-5-14-11-19-20(4)12-14/h11-12,15H,5-10,13,18H2,1-4H3. The predicted molar refractivity (Wildman–Crippen MR) is 84.4 cm³/mol. The van der Waals surface area contributed by atoms with E-state index in [0.29, 0.717) is 10.8 Å². The van der Waals surface area contributed by atoms with Crippen LogP contribution in [0.2, 0.25) is 0 Å². The van der Waals surface area contributed by atoms with Gasteiger partial charge in [-0.2, -0.15) is 5.10 Å². The SMILES string of the molecule is Cn1cc(CCC2(CN)CCC(C(C)(C)C)CC2)cn1. The van der Waals surface area contributed by atoms with Crippen molar-refractivity contribution in [3.05, 3.63) is 18.0 Å². The normalized spacial score (nSPS) is 27.8. The molecule has 1 saturated carbocycles. The monoisotopic (exact) mass is 277 g/mol. The molecule has 0 bridgehead atoms. The molecule has 0 aromatic carbocycles. The number of hydrogen-bond acceptors (Lipinski definition) is 2. The topological polar surface area (TPSA) is 43.8 Å². The summed E-state index contributed by atoms with van der Waals surface area (Å²) in [6.45, 7) is 7.97. The van der Waals surface area contributed by atoms with E-state index >= 15 is 0 Å². The Labute approximate surface area is 123 Å². The molecule has 0 unspecified atom stereocenters. The van der Waals surface area contributed by atoms with Gasteiger partial charge < -0.3 is 5.73 Å². The van der Waals surface area contributed by atoms with Crippen molar-refractivity contribution in [3.63, 3.8) is 0 Å². The maximum atomic E-state index is 6.14. The molecular formula is C17H31N3. The number of rotatable bonds is 4. The Hall–Kier alpha value is -0.830. The second-order valence-electron chi connectivity index (χ2n) is 7.87. The van der Waals surface area contributed by atoms with E-state index in [1.165, 1.54) is 37.7 Å². The summed E-state index contributed by atoms with van der Waals surface area (Å²) in [4.78, 5) is 0. The van der Waals surface area contributed by atoms with Gasteiger partial charge in [-0.1, -0.05) is 20.8 Å². The molecule has 0 saturated heterocycles. The maximum Gasteiger partial charge on any atom is 0.0521 e. The number of nitrogens with two attached hydrogens (primary N) is 1. The van der Waals surface area contributed by atoms with E-state index in [2.05, 4.69) is 32.1 Å². The highest BCUT2D eigenvalue weighted by Gasteiger charge is 2.37. The van der Waals surface area contributed by atoms with Gasteiger partial charge in [0, 0.05) is 13.2 Å². The van der Waals surface area contributed by atoms with Crippen LogP contribution >= 0.6 is 0 Å². The fourth-order valence-electron chi connectivity index (χ4n) is 3.66. The molecule has 1 aromatic rings. The van der Waals surface area contributed by atoms with Crippen molar-refractivity contribution >= 4 is 0 Å². The summed E-state index contributed by atoms with van der Waals surface area (Å²) in [6.07, 6.45) is 11.7. The highest BCUT2D eigenvalue weighted by molar-refractivity contribution is 5.05. The summed E-state index contributed by atoms with van der Waals surface area (Å²) in [5.74, 6) is 0.862. The maximum absolute atomic E-state index is 6.14. The Bertz CT molecular complexity index is 420. The van der Waals surface area contributed by atoms with Crippen molar-refractivity contribution in [2.45, 2.75) is 59.3 Å². The number of aryl methyl sites for hydroxylation is 2. The largest absolute Gasteiger partial charge is 0.330 e. The second-order valence-corrected chi connectivity index (χ2v) is 7.87. The Balaban J connectivity index is 1.91. The minimum Gasteiger partial charge on any atom is -0.330 e. The molecule has 20 heavy (non-hydrogen) atoms. The summed E-state index contributed by atoms with van der Waals surface area (Å²) in [6, 6.07) is 0. The van der Waals surface area contributed by atoms with Crippen LogP contribution in [0.1, 0.15) is 58.4 Å². The van der Waals surface area contributed by atoms with Crippen LogP contribution in [-0.4, -0.2) is 16.3 Å². The molecule has 0 spiro atoms. The molecule has 2 N–H and O–H groups in total. The van der Waals surface area contributed by atoms with Crippen molar-refractivity contribution in [2.24, 2.45) is 29.5 Å². The van der Waals surface area contributed by atoms with E-state index in [-0.39, 0.29) is 0 Å². The lowest BCUT2D eigenvalue weighted by molar-refractivity contribution is 0.0864. The van der Waals surface area contributed by atoms with Crippen LogP contribution in [0.25, 0.3) is 0 Å². The molecule has 3 nitrogen and oxygen atoms in total. The van der Waals surface area contributed by atoms with Crippen LogP contribution in [-0.2, 0) is 13.5 Å². The Morgan fingerprint density at radius 2 is 2.00 bits per heavy atom. The van der Waals surface area contributed by atoms with Gasteiger partial charge in [0.05, 0.1) is 6.20 Å². The van der Waals surface area contributed by atoms with Crippen LogP contribution in [0.5, 0.6) is 0 Å². The molecular weight excluding hydrogens is 246 g/mol. The van der Waals surface area contributed by atoms with Crippen molar-refractivity contribution in [1.29, 1.82) is 0 Å². The zero-order chi connectivity index (χ0) is 14.8. The minimum absolute atomic E-state index is 0.373. The smallest absolute Gasteiger partial charge is 0.0521 e. The fourth-order valence-corrected chi connectivity index (χ4v) is 3.66. The zero-order valence-electron chi connectivity index (χ0n) is 13.7. The first-order valence-electron chi connectivity index (χ1n) is 8.02. The van der Waals surface area contributed by atoms with Gasteiger partial charge in [0.15, 0.2) is 0 Å². The molecule has 2 rings (SSSR count). The van der Waals surface area contributed by atoms with Crippen LogP contribution in [0, 0.1) is 16.7 Å². The van der Waals surface area contributed by atoms with Gasteiger partial charge in [0.25, 0.3) is 0 Å². The van der Waals surface area contributed by atoms with Crippen molar-refractivity contribution in [3.8, 4) is 0 Å². The highest BCUT2D eigenvalue weighted by atomic mass is 15.2. The summed E-state index contributed by atoms with van der Waals surface area (Å²) in [5.41, 5.74) is 8.31. The first-order chi connectivity index (χ1) is 9.35. The molecule has 1 aliphatic rings. The van der Waals surface area contributed by atoms with E-state index in [9.17, 15) is 0 Å². The summed E-state index contributed by atoms with van der Waals surface area (Å²) in [7, 11) is 1.98. The minimum atomic E-state index is 0.373. The van der Waals surface area contributed by atoms with Crippen molar-refractivity contribution in [1.82, 2.24) is 9.78 Å². The van der Waals surface area contributed by atoms with Crippen LogP contribution in [0.15, 0.2) is 12.4 Å². The van der Waals surface area contributed by atoms with E-state index < -0.39 is 0 Å². The average Bonchev–Trinajstić information content (AvgIpc) is 2.82. The van der Waals surface area contributed by atoms with E-state index in [4.69, 9.17) is 5.73 Å². The third-order valence-electron chi connectivity index (χ3n) is 5.41. The first kappa shape index (κ1) is 15.6. The molecule has 0 atom stereocenters. The lowest BCUT2D eigenvalue weighted by atomic mass is 9.62. The third kappa shape index (κ3) is 3.63. The quantitative estimate of drug-likeness (QED) is 0.915. The van der Waals surface area contributed by atoms with Crippen LogP contribution < -0.4 is 5.73 Å². The summed E-state index contributed by atoms with van der Waals surface area (Å²) in [5, 5.41) is 4.26. The number of nitrogens with zero attached hydrogens (tertiary/aromatic N) is 2. The zero-order valence-corrected chi connectivity index (χ0v) is 13.7. The van der Waals surface area contributed by atoms with Crippen LogP contribution in [0.4, 0.5) is 0 Å². The van der Waals surface area contributed by atoms with Gasteiger partial charge >= 0.3 is 0 Å².